The highest BCUT2D eigenvalue weighted by Crippen LogP contribution is 2.35. The molecule has 1 aromatic heterocycles. The molecule has 0 aliphatic rings. The van der Waals surface area contributed by atoms with Crippen LogP contribution in [0.15, 0.2) is 47.1 Å². The predicted octanol–water partition coefficient (Wildman–Crippen LogP) is 5.44. The van der Waals surface area contributed by atoms with Crippen LogP contribution in [0.3, 0.4) is 0 Å². The number of hydrogen-bond donors (Lipinski definition) is 1. The van der Waals surface area contributed by atoms with Gasteiger partial charge >= 0.3 is 5.69 Å². The van der Waals surface area contributed by atoms with Crippen LogP contribution in [0.4, 0.5) is 21.5 Å². The zero-order valence-electron chi connectivity index (χ0n) is 11.4. The number of benzene rings is 2. The molecule has 0 amide bonds. The Morgan fingerprint density at radius 1 is 1.26 bits per heavy atom. The summed E-state index contributed by atoms with van der Waals surface area (Å²) in [6.07, 6.45) is 1.18. The third-order valence-corrected chi connectivity index (χ3v) is 3.98. The third kappa shape index (κ3) is 3.11. The molecule has 1 heterocycles. The molecule has 1 N–H and O–H groups in total. The maximum atomic E-state index is 13.3. The zero-order chi connectivity index (χ0) is 16.6. The van der Waals surface area contributed by atoms with Gasteiger partial charge in [-0.25, -0.2) is 9.37 Å². The van der Waals surface area contributed by atoms with Crippen LogP contribution in [-0.4, -0.2) is 9.91 Å². The molecule has 0 aliphatic heterocycles. The number of halogens is 3. The van der Waals surface area contributed by atoms with Crippen molar-refractivity contribution >= 4 is 55.5 Å². The summed E-state index contributed by atoms with van der Waals surface area (Å²) in [4.78, 5) is 14.9. The molecule has 0 unspecified atom stereocenters. The van der Waals surface area contributed by atoms with Crippen molar-refractivity contribution in [1.29, 1.82) is 0 Å². The largest absolute Gasteiger partial charge is 0.349 e. The van der Waals surface area contributed by atoms with E-state index in [2.05, 4.69) is 26.2 Å². The summed E-state index contributed by atoms with van der Waals surface area (Å²) < 4.78 is 14.0. The number of aromatic nitrogens is 1. The van der Waals surface area contributed by atoms with Gasteiger partial charge in [0.15, 0.2) is 0 Å². The van der Waals surface area contributed by atoms with Crippen molar-refractivity contribution in [3.05, 3.63) is 68.0 Å². The van der Waals surface area contributed by atoms with E-state index < -0.39 is 10.7 Å². The standard InChI is InChI=1S/C15H8BrClFN3O2/c16-8-1-4-13-10(5-8)15(14(7-19-13)21(22)23)20-9-2-3-12(18)11(17)6-9/h1-7H,(H,19,20). The molecule has 0 atom stereocenters. The molecule has 116 valence electrons. The molecule has 0 aliphatic carbocycles. The van der Waals surface area contributed by atoms with E-state index in [1.54, 1.807) is 18.2 Å². The quantitative estimate of drug-likeness (QED) is 0.473. The van der Waals surface area contributed by atoms with Crippen molar-refractivity contribution in [2.75, 3.05) is 5.32 Å². The van der Waals surface area contributed by atoms with Gasteiger partial charge in [0.1, 0.15) is 17.7 Å². The highest BCUT2D eigenvalue weighted by molar-refractivity contribution is 9.10. The summed E-state index contributed by atoms with van der Waals surface area (Å²) >= 11 is 9.10. The smallest absolute Gasteiger partial charge is 0.311 e. The first-order chi connectivity index (χ1) is 11.0. The van der Waals surface area contributed by atoms with Crippen molar-refractivity contribution < 1.29 is 9.31 Å². The number of rotatable bonds is 3. The fraction of sp³-hybridized carbons (Fsp3) is 0. The maximum Gasteiger partial charge on any atom is 0.311 e. The van der Waals surface area contributed by atoms with E-state index in [4.69, 9.17) is 11.6 Å². The fourth-order valence-corrected chi connectivity index (χ4v) is 2.68. The molecule has 8 heteroatoms. The highest BCUT2D eigenvalue weighted by atomic mass is 79.9. The van der Waals surface area contributed by atoms with Crippen molar-refractivity contribution in [3.63, 3.8) is 0 Å². The first kappa shape index (κ1) is 15.6. The van der Waals surface area contributed by atoms with Gasteiger partial charge in [-0.2, -0.15) is 0 Å². The molecule has 0 radical (unpaired) electrons. The summed E-state index contributed by atoms with van der Waals surface area (Å²) in [5.74, 6) is -0.561. The lowest BCUT2D eigenvalue weighted by atomic mass is 10.1. The van der Waals surface area contributed by atoms with Gasteiger partial charge in [0, 0.05) is 15.5 Å². The monoisotopic (exact) mass is 395 g/mol. The first-order valence-corrected chi connectivity index (χ1v) is 7.57. The Bertz CT molecular complexity index is 936. The second-order valence-corrected chi connectivity index (χ2v) is 6.01. The van der Waals surface area contributed by atoms with E-state index in [9.17, 15) is 14.5 Å². The summed E-state index contributed by atoms with van der Waals surface area (Å²) in [7, 11) is 0. The second-order valence-electron chi connectivity index (χ2n) is 4.69. The molecule has 23 heavy (non-hydrogen) atoms. The lowest BCUT2D eigenvalue weighted by Gasteiger charge is -2.11. The molecule has 3 aromatic rings. The molecule has 0 fully saturated rings. The molecule has 2 aromatic carbocycles. The van der Waals surface area contributed by atoms with Crippen LogP contribution in [0.5, 0.6) is 0 Å². The number of nitrogens with zero attached hydrogens (tertiary/aromatic N) is 2. The van der Waals surface area contributed by atoms with Crippen molar-refractivity contribution in [1.82, 2.24) is 4.98 Å². The number of hydrogen-bond acceptors (Lipinski definition) is 4. The third-order valence-electron chi connectivity index (χ3n) is 3.20. The van der Waals surface area contributed by atoms with Crippen LogP contribution in [0.1, 0.15) is 0 Å². The molecular weight excluding hydrogens is 389 g/mol. The number of fused-ring (bicyclic) bond motifs is 1. The molecule has 0 saturated carbocycles. The number of nitrogens with one attached hydrogen (secondary N) is 1. The summed E-state index contributed by atoms with van der Waals surface area (Å²) in [6, 6.07) is 9.27. The van der Waals surface area contributed by atoms with E-state index in [1.807, 2.05) is 0 Å². The van der Waals surface area contributed by atoms with E-state index in [0.717, 1.165) is 4.47 Å². The summed E-state index contributed by atoms with van der Waals surface area (Å²) in [5.41, 5.74) is 1.11. The van der Waals surface area contributed by atoms with Gasteiger partial charge in [-0.3, -0.25) is 10.1 Å². The van der Waals surface area contributed by atoms with Gasteiger partial charge in [-0.15, -0.1) is 0 Å². The van der Waals surface area contributed by atoms with Gasteiger partial charge in [-0.1, -0.05) is 27.5 Å². The van der Waals surface area contributed by atoms with Crippen LogP contribution < -0.4 is 5.32 Å². The number of nitro groups is 1. The molecule has 5 nitrogen and oxygen atoms in total. The number of anilines is 2. The molecule has 0 bridgehead atoms. The van der Waals surface area contributed by atoms with Crippen molar-refractivity contribution in [3.8, 4) is 0 Å². The lowest BCUT2D eigenvalue weighted by Crippen LogP contribution is -1.99. The Labute approximate surface area is 143 Å². The molecule has 0 spiro atoms. The summed E-state index contributed by atoms with van der Waals surface area (Å²) in [6.45, 7) is 0. The van der Waals surface area contributed by atoms with Crippen molar-refractivity contribution in [2.24, 2.45) is 0 Å². The number of pyridine rings is 1. The average Bonchev–Trinajstić information content (AvgIpc) is 2.51. The van der Waals surface area contributed by atoms with Crippen LogP contribution in [0, 0.1) is 15.9 Å². The van der Waals surface area contributed by atoms with E-state index in [0.29, 0.717) is 16.6 Å². The Kier molecular flexibility index (Phi) is 4.14. The highest BCUT2D eigenvalue weighted by Gasteiger charge is 2.19. The van der Waals surface area contributed by atoms with Crippen LogP contribution in [0.2, 0.25) is 5.02 Å². The van der Waals surface area contributed by atoms with E-state index in [-0.39, 0.29) is 16.4 Å². The van der Waals surface area contributed by atoms with Gasteiger partial charge in [0.05, 0.1) is 15.5 Å². The Morgan fingerprint density at radius 2 is 2.04 bits per heavy atom. The van der Waals surface area contributed by atoms with Gasteiger partial charge < -0.3 is 5.32 Å². The SMILES string of the molecule is O=[N+]([O-])c1cnc2ccc(Br)cc2c1Nc1ccc(F)c(Cl)c1. The van der Waals surface area contributed by atoms with Gasteiger partial charge in [-0.05, 0) is 36.4 Å². The van der Waals surface area contributed by atoms with E-state index in [1.165, 1.54) is 24.4 Å². The van der Waals surface area contributed by atoms with Gasteiger partial charge in [0.2, 0.25) is 0 Å². The molecule has 0 saturated heterocycles. The van der Waals surface area contributed by atoms with E-state index >= 15 is 0 Å². The van der Waals surface area contributed by atoms with Crippen molar-refractivity contribution in [2.45, 2.75) is 0 Å². The predicted molar refractivity (Wildman–Crippen MR) is 90.8 cm³/mol. The van der Waals surface area contributed by atoms with Crippen LogP contribution in [-0.2, 0) is 0 Å². The zero-order valence-corrected chi connectivity index (χ0v) is 13.7. The lowest BCUT2D eigenvalue weighted by molar-refractivity contribution is -0.384. The first-order valence-electron chi connectivity index (χ1n) is 6.40. The Balaban J connectivity index is 2.20. The Morgan fingerprint density at radius 3 is 2.74 bits per heavy atom. The topological polar surface area (TPSA) is 68.1 Å². The summed E-state index contributed by atoms with van der Waals surface area (Å²) in [5, 5.41) is 14.7. The minimum atomic E-state index is -0.561. The minimum Gasteiger partial charge on any atom is -0.349 e. The molecule has 3 rings (SSSR count). The average molecular weight is 397 g/mol. The second kappa shape index (κ2) is 6.10. The minimum absolute atomic E-state index is 0.0720. The fourth-order valence-electron chi connectivity index (χ4n) is 2.14. The maximum absolute atomic E-state index is 13.3. The molecular formula is C15H8BrClFN3O2. The van der Waals surface area contributed by atoms with Crippen LogP contribution >= 0.6 is 27.5 Å². The van der Waals surface area contributed by atoms with Crippen LogP contribution in [0.25, 0.3) is 10.9 Å². The Hall–Kier alpha value is -2.25. The van der Waals surface area contributed by atoms with Gasteiger partial charge in [0.25, 0.3) is 0 Å². The normalized spacial score (nSPS) is 10.7.